The van der Waals surface area contributed by atoms with E-state index in [0.717, 1.165) is 12.1 Å². The van der Waals surface area contributed by atoms with E-state index < -0.39 is 29.8 Å². The van der Waals surface area contributed by atoms with E-state index in [0.29, 0.717) is 12.1 Å². The summed E-state index contributed by atoms with van der Waals surface area (Å²) < 4.78 is 18.2. The lowest BCUT2D eigenvalue weighted by atomic mass is 10.1. The first kappa shape index (κ1) is 21.7. The van der Waals surface area contributed by atoms with E-state index in [9.17, 15) is 23.6 Å². The summed E-state index contributed by atoms with van der Waals surface area (Å²) in [5.74, 6) is -2.41. The molecule has 0 aromatic heterocycles. The summed E-state index contributed by atoms with van der Waals surface area (Å²) in [5.41, 5.74) is 0.653. The molecule has 0 bridgehead atoms. The fourth-order valence-electron chi connectivity index (χ4n) is 2.47. The zero-order chi connectivity index (χ0) is 21.2. The lowest BCUT2D eigenvalue weighted by molar-refractivity contribution is -0.156. The van der Waals surface area contributed by atoms with Gasteiger partial charge in [-0.1, -0.05) is 30.3 Å². The van der Waals surface area contributed by atoms with Crippen LogP contribution in [-0.4, -0.2) is 30.2 Å². The molecule has 0 heterocycles. The van der Waals surface area contributed by atoms with Crippen molar-refractivity contribution >= 4 is 23.7 Å². The molecule has 0 unspecified atom stereocenters. The molecule has 2 rings (SSSR count). The third kappa shape index (κ3) is 6.84. The third-order valence-electron chi connectivity index (χ3n) is 3.89. The molecule has 7 nitrogen and oxygen atoms in total. The highest BCUT2D eigenvalue weighted by molar-refractivity contribution is 5.99. The van der Waals surface area contributed by atoms with E-state index in [2.05, 4.69) is 10.6 Å². The molecule has 2 N–H and O–H groups in total. The largest absolute Gasteiger partial charge is 0.447 e. The first-order chi connectivity index (χ1) is 13.9. The van der Waals surface area contributed by atoms with E-state index in [1.807, 2.05) is 0 Å². The number of benzene rings is 2. The predicted octanol–water partition coefficient (Wildman–Crippen LogP) is 2.92. The second kappa shape index (κ2) is 10.7. The zero-order valence-electron chi connectivity index (χ0n) is 15.8. The molecule has 3 amide bonds. The number of hydrogen-bond donors (Lipinski definition) is 2. The highest BCUT2D eigenvalue weighted by Gasteiger charge is 2.26. The van der Waals surface area contributed by atoms with Crippen LogP contribution in [0.15, 0.2) is 54.6 Å². The van der Waals surface area contributed by atoms with Crippen LogP contribution in [0.2, 0.25) is 0 Å². The summed E-state index contributed by atoms with van der Waals surface area (Å²) in [6.07, 6.45) is -1.77. The standard InChI is InChI=1S/C21H21FN2O5/c1-2-23-21(28)24-20(27)19(15-6-4-3-5-7-15)29-18(26)13-12-17(25)14-8-10-16(22)11-9-14/h3-11,19H,2,12-13H2,1H3,(H2,23,24,27,28)/t19-/m0/s1. The Morgan fingerprint density at radius 2 is 1.62 bits per heavy atom. The number of carbonyl (C=O) groups excluding carboxylic acids is 4. The first-order valence-electron chi connectivity index (χ1n) is 9.02. The van der Waals surface area contributed by atoms with Crippen LogP contribution in [0.4, 0.5) is 9.18 Å². The molecule has 8 heteroatoms. The van der Waals surface area contributed by atoms with E-state index >= 15 is 0 Å². The Bertz CT molecular complexity index is 868. The SMILES string of the molecule is CCNC(=O)NC(=O)[C@@H](OC(=O)CCC(=O)c1ccc(F)cc1)c1ccccc1. The number of urea groups is 1. The highest BCUT2D eigenvalue weighted by atomic mass is 19.1. The van der Waals surface area contributed by atoms with Crippen molar-refractivity contribution in [3.63, 3.8) is 0 Å². The number of carbonyl (C=O) groups is 4. The molecule has 29 heavy (non-hydrogen) atoms. The summed E-state index contributed by atoms with van der Waals surface area (Å²) in [5, 5.41) is 4.53. The van der Waals surface area contributed by atoms with Gasteiger partial charge in [0.1, 0.15) is 5.82 Å². The van der Waals surface area contributed by atoms with Crippen molar-refractivity contribution < 1.29 is 28.3 Å². The maximum atomic E-state index is 12.9. The monoisotopic (exact) mass is 400 g/mol. The third-order valence-corrected chi connectivity index (χ3v) is 3.89. The molecule has 0 saturated carbocycles. The summed E-state index contributed by atoms with van der Waals surface area (Å²) in [4.78, 5) is 48.3. The van der Waals surface area contributed by atoms with Gasteiger partial charge >= 0.3 is 12.0 Å². The predicted molar refractivity (Wildman–Crippen MR) is 102 cm³/mol. The van der Waals surface area contributed by atoms with Crippen molar-refractivity contribution in [3.05, 3.63) is 71.5 Å². The number of hydrogen-bond acceptors (Lipinski definition) is 5. The van der Waals surface area contributed by atoms with Gasteiger partial charge in [0.15, 0.2) is 5.78 Å². The van der Waals surface area contributed by atoms with Gasteiger partial charge in [-0.25, -0.2) is 9.18 Å². The minimum atomic E-state index is -1.34. The van der Waals surface area contributed by atoms with Gasteiger partial charge in [-0.3, -0.25) is 19.7 Å². The molecule has 0 fully saturated rings. The Hall–Kier alpha value is -3.55. The van der Waals surface area contributed by atoms with Crippen molar-refractivity contribution in [1.82, 2.24) is 10.6 Å². The van der Waals surface area contributed by atoms with E-state index in [1.165, 1.54) is 12.1 Å². The summed E-state index contributed by atoms with van der Waals surface area (Å²) >= 11 is 0. The number of esters is 1. The molecule has 152 valence electrons. The Morgan fingerprint density at radius 1 is 0.966 bits per heavy atom. The summed E-state index contributed by atoms with van der Waals surface area (Å²) in [6, 6.07) is 12.5. The number of nitrogens with one attached hydrogen (secondary N) is 2. The van der Waals surface area contributed by atoms with Crippen molar-refractivity contribution in [2.75, 3.05) is 6.54 Å². The lowest BCUT2D eigenvalue weighted by Gasteiger charge is -2.17. The van der Waals surface area contributed by atoms with Gasteiger partial charge in [-0.05, 0) is 31.2 Å². The number of imide groups is 1. The zero-order valence-corrected chi connectivity index (χ0v) is 15.8. The number of ether oxygens (including phenoxy) is 1. The van der Waals surface area contributed by atoms with Crippen molar-refractivity contribution in [1.29, 1.82) is 0 Å². The molecule has 0 saturated heterocycles. The Balaban J connectivity index is 2.01. The maximum Gasteiger partial charge on any atom is 0.321 e. The Kier molecular flexibility index (Phi) is 8.02. The quantitative estimate of drug-likeness (QED) is 0.524. The molecule has 1 atom stereocenters. The summed E-state index contributed by atoms with van der Waals surface area (Å²) in [7, 11) is 0. The van der Waals surface area contributed by atoms with E-state index in [4.69, 9.17) is 4.74 Å². The van der Waals surface area contributed by atoms with E-state index in [1.54, 1.807) is 37.3 Å². The van der Waals surface area contributed by atoms with Crippen LogP contribution in [-0.2, 0) is 14.3 Å². The topological polar surface area (TPSA) is 102 Å². The van der Waals surface area contributed by atoms with Crippen LogP contribution < -0.4 is 10.6 Å². The van der Waals surface area contributed by atoms with Crippen LogP contribution >= 0.6 is 0 Å². The van der Waals surface area contributed by atoms with Crippen molar-refractivity contribution in [2.45, 2.75) is 25.9 Å². The Labute approximate surface area is 167 Å². The lowest BCUT2D eigenvalue weighted by Crippen LogP contribution is -2.42. The fourth-order valence-corrected chi connectivity index (χ4v) is 2.47. The van der Waals surface area contributed by atoms with Crippen LogP contribution in [0.5, 0.6) is 0 Å². The van der Waals surface area contributed by atoms with Gasteiger partial charge in [0.25, 0.3) is 5.91 Å². The number of amides is 3. The average molecular weight is 400 g/mol. The van der Waals surface area contributed by atoms with Gasteiger partial charge in [-0.15, -0.1) is 0 Å². The van der Waals surface area contributed by atoms with Gasteiger partial charge in [-0.2, -0.15) is 0 Å². The smallest absolute Gasteiger partial charge is 0.321 e. The van der Waals surface area contributed by atoms with Crippen LogP contribution in [0.3, 0.4) is 0 Å². The van der Waals surface area contributed by atoms with Crippen LogP contribution in [0.25, 0.3) is 0 Å². The van der Waals surface area contributed by atoms with Crippen molar-refractivity contribution in [2.24, 2.45) is 0 Å². The number of Topliss-reactive ketones (excluding diaryl/α,β-unsaturated/α-hetero) is 1. The molecule has 2 aromatic rings. The van der Waals surface area contributed by atoms with Crippen LogP contribution in [0, 0.1) is 5.82 Å². The minimum absolute atomic E-state index is 0.163. The Morgan fingerprint density at radius 3 is 2.24 bits per heavy atom. The normalized spacial score (nSPS) is 11.2. The molecular formula is C21H21FN2O5. The molecule has 0 aliphatic heterocycles. The van der Waals surface area contributed by atoms with Gasteiger partial charge in [0.05, 0.1) is 6.42 Å². The maximum absolute atomic E-state index is 12.9. The molecule has 0 spiro atoms. The molecule has 0 aliphatic rings. The second-order valence-corrected chi connectivity index (χ2v) is 6.06. The first-order valence-corrected chi connectivity index (χ1v) is 9.02. The fraction of sp³-hybridized carbons (Fsp3) is 0.238. The van der Waals surface area contributed by atoms with Crippen LogP contribution in [0.1, 0.15) is 41.8 Å². The molecule has 0 radical (unpaired) electrons. The van der Waals surface area contributed by atoms with Gasteiger partial charge in [0.2, 0.25) is 6.10 Å². The second-order valence-electron chi connectivity index (χ2n) is 6.06. The molecular weight excluding hydrogens is 379 g/mol. The molecule has 0 aliphatic carbocycles. The minimum Gasteiger partial charge on any atom is -0.447 e. The summed E-state index contributed by atoms with van der Waals surface area (Å²) in [6.45, 7) is 2.01. The van der Waals surface area contributed by atoms with Gasteiger partial charge in [0, 0.05) is 24.1 Å². The number of halogens is 1. The highest BCUT2D eigenvalue weighted by Crippen LogP contribution is 2.19. The van der Waals surface area contributed by atoms with Gasteiger partial charge < -0.3 is 10.1 Å². The average Bonchev–Trinajstić information content (AvgIpc) is 2.71. The number of rotatable bonds is 8. The van der Waals surface area contributed by atoms with E-state index in [-0.39, 0.29) is 24.2 Å². The van der Waals surface area contributed by atoms with Crippen molar-refractivity contribution in [3.8, 4) is 0 Å². The molecule has 2 aromatic carbocycles. The number of ketones is 1.